The number of hydrogen-bond acceptors (Lipinski definition) is 6. The number of methoxy groups -OCH3 is 1. The Labute approximate surface area is 172 Å². The van der Waals surface area contributed by atoms with Crippen molar-refractivity contribution in [1.29, 1.82) is 0 Å². The maximum absolute atomic E-state index is 13.1. The van der Waals surface area contributed by atoms with Crippen LogP contribution < -0.4 is 9.64 Å². The molecule has 8 heteroatoms. The summed E-state index contributed by atoms with van der Waals surface area (Å²) in [5.41, 5.74) is 2.43. The molecular weight excluding hydrogens is 388 g/mol. The highest BCUT2D eigenvalue weighted by Gasteiger charge is 2.29. The number of hydrogen-bond donors (Lipinski definition) is 0. The van der Waals surface area contributed by atoms with E-state index in [1.165, 1.54) is 17.7 Å². The van der Waals surface area contributed by atoms with E-state index in [1.54, 1.807) is 35.7 Å². The number of benzene rings is 1. The van der Waals surface area contributed by atoms with Gasteiger partial charge in [0, 0.05) is 37.4 Å². The van der Waals surface area contributed by atoms with Crippen molar-refractivity contribution < 1.29 is 13.2 Å². The van der Waals surface area contributed by atoms with Crippen LogP contribution in [-0.4, -0.2) is 56.0 Å². The summed E-state index contributed by atoms with van der Waals surface area (Å²) < 4.78 is 33.0. The highest BCUT2D eigenvalue weighted by Crippen LogP contribution is 2.29. The number of nitrogens with zero attached hydrogens (tertiary/aromatic N) is 4. The summed E-state index contributed by atoms with van der Waals surface area (Å²) >= 11 is 0. The molecule has 4 rings (SSSR count). The molecule has 2 aliphatic rings. The Morgan fingerprint density at radius 3 is 2.45 bits per heavy atom. The van der Waals surface area contributed by atoms with Gasteiger partial charge in [-0.15, -0.1) is 0 Å². The first-order chi connectivity index (χ1) is 14.0. The van der Waals surface area contributed by atoms with Crippen LogP contribution in [0.3, 0.4) is 0 Å². The fourth-order valence-corrected chi connectivity index (χ4v) is 5.67. The fraction of sp³-hybridized carbons (Fsp3) is 0.524. The van der Waals surface area contributed by atoms with E-state index in [1.807, 2.05) is 6.92 Å². The third-order valence-electron chi connectivity index (χ3n) is 5.72. The van der Waals surface area contributed by atoms with Gasteiger partial charge in [0.2, 0.25) is 10.0 Å². The molecule has 0 saturated carbocycles. The average Bonchev–Trinajstić information content (AvgIpc) is 3.00. The predicted octanol–water partition coefficient (Wildman–Crippen LogP) is 2.57. The van der Waals surface area contributed by atoms with Gasteiger partial charge in [0.05, 0.1) is 12.0 Å². The van der Waals surface area contributed by atoms with Gasteiger partial charge in [0.25, 0.3) is 0 Å². The molecule has 0 atom stereocenters. The lowest BCUT2D eigenvalue weighted by atomic mass is 9.96. The fourth-order valence-electron chi connectivity index (χ4n) is 4.20. The van der Waals surface area contributed by atoms with E-state index in [4.69, 9.17) is 9.72 Å². The third-order valence-corrected chi connectivity index (χ3v) is 7.64. The minimum atomic E-state index is -3.52. The van der Waals surface area contributed by atoms with Gasteiger partial charge in [-0.2, -0.15) is 4.31 Å². The molecule has 0 bridgehead atoms. The van der Waals surface area contributed by atoms with Gasteiger partial charge in [-0.3, -0.25) is 0 Å². The third kappa shape index (κ3) is 4.09. The van der Waals surface area contributed by atoms with Crippen LogP contribution in [0.15, 0.2) is 29.2 Å². The number of sulfonamides is 1. The second-order valence-electron chi connectivity index (χ2n) is 7.65. The van der Waals surface area contributed by atoms with E-state index >= 15 is 0 Å². The first kappa shape index (κ1) is 20.1. The van der Waals surface area contributed by atoms with Crippen molar-refractivity contribution in [1.82, 2.24) is 14.3 Å². The van der Waals surface area contributed by atoms with Crippen molar-refractivity contribution in [3.63, 3.8) is 0 Å². The van der Waals surface area contributed by atoms with Crippen molar-refractivity contribution in [2.24, 2.45) is 0 Å². The largest absolute Gasteiger partial charge is 0.497 e. The zero-order chi connectivity index (χ0) is 20.4. The molecule has 1 saturated heterocycles. The first-order valence-corrected chi connectivity index (χ1v) is 11.7. The van der Waals surface area contributed by atoms with Crippen LogP contribution in [0, 0.1) is 6.92 Å². The minimum Gasteiger partial charge on any atom is -0.497 e. The van der Waals surface area contributed by atoms with Gasteiger partial charge in [-0.1, -0.05) is 0 Å². The number of aryl methyl sites for hydroxylation is 2. The molecule has 0 unspecified atom stereocenters. The lowest BCUT2D eigenvalue weighted by molar-refractivity contribution is 0.413. The van der Waals surface area contributed by atoms with E-state index in [-0.39, 0.29) is 0 Å². The van der Waals surface area contributed by atoms with Crippen LogP contribution in [-0.2, 0) is 22.9 Å². The highest BCUT2D eigenvalue weighted by molar-refractivity contribution is 7.89. The van der Waals surface area contributed by atoms with Crippen LogP contribution in [0.2, 0.25) is 0 Å². The van der Waals surface area contributed by atoms with Gasteiger partial charge in [0.1, 0.15) is 17.4 Å². The Morgan fingerprint density at radius 2 is 1.69 bits per heavy atom. The highest BCUT2D eigenvalue weighted by atomic mass is 32.2. The van der Waals surface area contributed by atoms with E-state index < -0.39 is 10.0 Å². The molecule has 1 aromatic heterocycles. The van der Waals surface area contributed by atoms with Gasteiger partial charge >= 0.3 is 0 Å². The number of aromatic nitrogens is 2. The Kier molecular flexibility index (Phi) is 5.74. The number of rotatable bonds is 4. The molecule has 29 heavy (non-hydrogen) atoms. The normalized spacial score (nSPS) is 18.2. The molecule has 7 nitrogen and oxygen atoms in total. The first-order valence-electron chi connectivity index (χ1n) is 10.2. The van der Waals surface area contributed by atoms with Crippen LogP contribution in [0.5, 0.6) is 5.75 Å². The van der Waals surface area contributed by atoms with E-state index in [0.717, 1.165) is 43.9 Å². The minimum absolute atomic E-state index is 0.307. The van der Waals surface area contributed by atoms with E-state index in [0.29, 0.717) is 30.3 Å². The molecule has 0 spiro atoms. The van der Waals surface area contributed by atoms with Crippen molar-refractivity contribution >= 4 is 15.8 Å². The molecule has 1 aromatic carbocycles. The van der Waals surface area contributed by atoms with Crippen LogP contribution in [0.1, 0.15) is 36.3 Å². The van der Waals surface area contributed by atoms with Gasteiger partial charge in [-0.25, -0.2) is 18.4 Å². The van der Waals surface area contributed by atoms with Crippen LogP contribution in [0.25, 0.3) is 0 Å². The molecule has 2 heterocycles. The number of fused-ring (bicyclic) bond motifs is 1. The van der Waals surface area contributed by atoms with E-state index in [9.17, 15) is 8.42 Å². The quantitative estimate of drug-likeness (QED) is 0.763. The topological polar surface area (TPSA) is 75.6 Å². The maximum Gasteiger partial charge on any atom is 0.243 e. The van der Waals surface area contributed by atoms with Gasteiger partial charge < -0.3 is 9.64 Å². The molecule has 1 aliphatic carbocycles. The lowest BCUT2D eigenvalue weighted by Gasteiger charge is -2.27. The maximum atomic E-state index is 13.1. The summed E-state index contributed by atoms with van der Waals surface area (Å²) in [5, 5.41) is 0. The Morgan fingerprint density at radius 1 is 0.931 bits per heavy atom. The molecule has 0 amide bonds. The van der Waals surface area contributed by atoms with Crippen LogP contribution >= 0.6 is 0 Å². The SMILES string of the molecule is COc1ccc(S(=O)(=O)N2CCCN(c3nc(C)nc4c3CCCC4)CC2)cc1. The monoisotopic (exact) mass is 416 g/mol. The number of anilines is 1. The standard InChI is InChI=1S/C21H28N4O3S/c1-16-22-20-7-4-3-6-19(20)21(23-16)24-12-5-13-25(15-14-24)29(26,27)18-10-8-17(28-2)9-11-18/h8-11H,3-7,12-15H2,1-2H3. The second kappa shape index (κ2) is 8.28. The molecule has 1 fully saturated rings. The molecule has 2 aromatic rings. The summed E-state index contributed by atoms with van der Waals surface area (Å²) in [4.78, 5) is 12.0. The summed E-state index contributed by atoms with van der Waals surface area (Å²) in [5.74, 6) is 2.46. The summed E-state index contributed by atoms with van der Waals surface area (Å²) in [6, 6.07) is 6.60. The smallest absolute Gasteiger partial charge is 0.243 e. The average molecular weight is 417 g/mol. The van der Waals surface area contributed by atoms with Crippen molar-refractivity contribution in [3.05, 3.63) is 41.3 Å². The van der Waals surface area contributed by atoms with Gasteiger partial charge in [-0.05, 0) is 63.3 Å². The van der Waals surface area contributed by atoms with E-state index in [2.05, 4.69) is 9.88 Å². The molecule has 156 valence electrons. The summed E-state index contributed by atoms with van der Waals surface area (Å²) in [6.07, 6.45) is 5.13. The molecular formula is C21H28N4O3S. The second-order valence-corrected chi connectivity index (χ2v) is 9.58. The molecule has 0 radical (unpaired) electrons. The van der Waals surface area contributed by atoms with Crippen molar-refractivity contribution in [3.8, 4) is 5.75 Å². The Bertz CT molecular complexity index is 976. The zero-order valence-electron chi connectivity index (χ0n) is 17.1. The van der Waals surface area contributed by atoms with Crippen molar-refractivity contribution in [2.75, 3.05) is 38.2 Å². The lowest BCUT2D eigenvalue weighted by Crippen LogP contribution is -2.36. The summed E-state index contributed by atoms with van der Waals surface area (Å²) in [6.45, 7) is 4.34. The molecule has 0 N–H and O–H groups in total. The van der Waals surface area contributed by atoms with Gasteiger partial charge in [0.15, 0.2) is 0 Å². The Balaban J connectivity index is 1.55. The summed E-state index contributed by atoms with van der Waals surface area (Å²) in [7, 11) is -1.95. The Hall–Kier alpha value is -2.19. The van der Waals surface area contributed by atoms with Crippen molar-refractivity contribution in [2.45, 2.75) is 43.9 Å². The predicted molar refractivity (Wildman–Crippen MR) is 112 cm³/mol. The number of ether oxygens (including phenoxy) is 1. The zero-order valence-corrected chi connectivity index (χ0v) is 17.9. The molecule has 1 aliphatic heterocycles. The van der Waals surface area contributed by atoms with Crippen LogP contribution in [0.4, 0.5) is 5.82 Å².